The molecule has 2 aliphatic rings. The Morgan fingerprint density at radius 3 is 2.62 bits per heavy atom. The van der Waals surface area contributed by atoms with Crippen LogP contribution in [0.25, 0.3) is 0 Å². The molecule has 2 heterocycles. The first kappa shape index (κ1) is 28.8. The van der Waals surface area contributed by atoms with Crippen molar-refractivity contribution in [2.45, 2.75) is 61.8 Å². The molecule has 7 nitrogen and oxygen atoms in total. The molecule has 37 heavy (non-hydrogen) atoms. The third kappa shape index (κ3) is 7.24. The summed E-state index contributed by atoms with van der Waals surface area (Å²) in [6, 6.07) is 12.4. The smallest absolute Gasteiger partial charge is 0.262 e. The van der Waals surface area contributed by atoms with Crippen molar-refractivity contribution >= 4 is 44.9 Å². The monoisotopic (exact) mass is 609 g/mol. The number of nitrogens with one attached hydrogen (secondary N) is 3. The SMILES string of the molecule is COC(C)C(CNC1CC1c1ccc(C(=O)NCNC(C)C2=CSC(c3ccc(Br)cc3)[C@@H]2O)s1)OC. The average Bonchev–Trinajstić information content (AvgIpc) is 3.30. The van der Waals surface area contributed by atoms with Gasteiger partial charge in [-0.2, -0.15) is 0 Å². The summed E-state index contributed by atoms with van der Waals surface area (Å²) in [6.45, 7) is 5.08. The van der Waals surface area contributed by atoms with E-state index in [1.165, 1.54) is 4.88 Å². The largest absolute Gasteiger partial charge is 0.387 e. The maximum atomic E-state index is 12.7. The minimum absolute atomic E-state index is 0.0113. The number of hydrogen-bond donors (Lipinski definition) is 4. The molecule has 6 unspecified atom stereocenters. The summed E-state index contributed by atoms with van der Waals surface area (Å²) in [4.78, 5) is 14.7. The molecule has 1 amide bonds. The van der Waals surface area contributed by atoms with Crippen LogP contribution in [-0.4, -0.2) is 68.8 Å². The molecule has 0 saturated heterocycles. The molecule has 1 aromatic heterocycles. The fourth-order valence-electron chi connectivity index (χ4n) is 4.50. The van der Waals surface area contributed by atoms with Gasteiger partial charge in [-0.05, 0) is 61.1 Å². The van der Waals surface area contributed by atoms with E-state index < -0.39 is 6.10 Å². The third-order valence-electron chi connectivity index (χ3n) is 7.12. The van der Waals surface area contributed by atoms with E-state index in [1.807, 2.05) is 49.6 Å². The van der Waals surface area contributed by atoms with E-state index in [4.69, 9.17) is 9.47 Å². The van der Waals surface area contributed by atoms with Gasteiger partial charge < -0.3 is 25.2 Å². The number of carbonyl (C=O) groups excluding carboxylic acids is 1. The van der Waals surface area contributed by atoms with E-state index in [1.54, 1.807) is 37.3 Å². The zero-order valence-corrected chi connectivity index (χ0v) is 24.8. The van der Waals surface area contributed by atoms with Crippen molar-refractivity contribution in [1.29, 1.82) is 0 Å². The Morgan fingerprint density at radius 2 is 1.92 bits per heavy atom. The van der Waals surface area contributed by atoms with Gasteiger partial charge in [0.25, 0.3) is 5.91 Å². The van der Waals surface area contributed by atoms with Crippen molar-refractivity contribution in [2.24, 2.45) is 0 Å². The van der Waals surface area contributed by atoms with Crippen LogP contribution < -0.4 is 16.0 Å². The van der Waals surface area contributed by atoms with Crippen LogP contribution in [0, 0.1) is 0 Å². The Labute approximate surface area is 235 Å². The summed E-state index contributed by atoms with van der Waals surface area (Å²) >= 11 is 6.64. The molecule has 0 bridgehead atoms. The maximum Gasteiger partial charge on any atom is 0.262 e. The number of thiophene rings is 1. The lowest BCUT2D eigenvalue weighted by molar-refractivity contribution is -0.0249. The van der Waals surface area contributed by atoms with Crippen LogP contribution >= 0.6 is 39.0 Å². The summed E-state index contributed by atoms with van der Waals surface area (Å²) in [5, 5.41) is 22.8. The number of carbonyl (C=O) groups is 1. The lowest BCUT2D eigenvalue weighted by atomic mass is 9.98. The van der Waals surface area contributed by atoms with Crippen LogP contribution in [0.5, 0.6) is 0 Å². The number of ether oxygens (including phenoxy) is 2. The van der Waals surface area contributed by atoms with E-state index in [-0.39, 0.29) is 29.4 Å². The molecule has 1 aliphatic carbocycles. The molecule has 0 radical (unpaired) electrons. The lowest BCUT2D eigenvalue weighted by Crippen LogP contribution is -2.40. The van der Waals surface area contributed by atoms with Crippen LogP contribution in [0.2, 0.25) is 0 Å². The van der Waals surface area contributed by atoms with Crippen molar-refractivity contribution in [3.05, 3.63) is 67.2 Å². The van der Waals surface area contributed by atoms with Crippen LogP contribution in [0.1, 0.15) is 51.5 Å². The van der Waals surface area contributed by atoms with Gasteiger partial charge in [0.15, 0.2) is 0 Å². The number of thioether (sulfide) groups is 1. The van der Waals surface area contributed by atoms with Gasteiger partial charge in [-0.25, -0.2) is 0 Å². The fraction of sp³-hybridized carbons (Fsp3) is 0.519. The number of benzene rings is 1. The minimum Gasteiger partial charge on any atom is -0.387 e. The number of hydrogen-bond acceptors (Lipinski definition) is 8. The van der Waals surface area contributed by atoms with Gasteiger partial charge in [0.1, 0.15) is 0 Å². The Morgan fingerprint density at radius 1 is 1.16 bits per heavy atom. The molecular weight excluding hydrogens is 574 g/mol. The minimum atomic E-state index is -0.568. The van der Waals surface area contributed by atoms with Gasteiger partial charge in [-0.1, -0.05) is 28.1 Å². The normalized spacial score (nSPS) is 25.4. The summed E-state index contributed by atoms with van der Waals surface area (Å²) in [7, 11) is 3.40. The van der Waals surface area contributed by atoms with Gasteiger partial charge in [-0.3, -0.25) is 10.1 Å². The van der Waals surface area contributed by atoms with Gasteiger partial charge >= 0.3 is 0 Å². The van der Waals surface area contributed by atoms with Crippen LogP contribution in [0.15, 0.2) is 51.9 Å². The first-order valence-electron chi connectivity index (χ1n) is 12.5. The predicted octanol–water partition coefficient (Wildman–Crippen LogP) is 4.40. The van der Waals surface area contributed by atoms with Crippen LogP contribution in [0.3, 0.4) is 0 Å². The standard InChI is InChI=1S/C27H36BrN3O4S2/c1-15(20-13-36-26(25(20)32)17-5-7-18(28)8-6-17)30-14-31-27(33)24-10-9-23(37-24)19-11-21(19)29-12-22(35-4)16(2)34-3/h5-10,13,15-16,19,21-22,25-26,29-30,32H,11-12,14H2,1-4H3,(H,31,33)/t15?,16?,19?,21?,22?,25-,26?/m1/s1. The molecule has 2 aromatic rings. The Bertz CT molecular complexity index is 1080. The number of rotatable bonds is 13. The highest BCUT2D eigenvalue weighted by atomic mass is 79.9. The van der Waals surface area contributed by atoms with Crippen molar-refractivity contribution in [1.82, 2.24) is 16.0 Å². The first-order chi connectivity index (χ1) is 17.8. The van der Waals surface area contributed by atoms with E-state index in [0.717, 1.165) is 28.6 Å². The molecule has 1 aliphatic heterocycles. The molecule has 1 fully saturated rings. The summed E-state index contributed by atoms with van der Waals surface area (Å²) in [6.07, 6.45) is 0.538. The number of amides is 1. The summed E-state index contributed by atoms with van der Waals surface area (Å²) < 4.78 is 11.9. The van der Waals surface area contributed by atoms with E-state index in [9.17, 15) is 9.90 Å². The molecule has 4 N–H and O–H groups in total. The predicted molar refractivity (Wildman–Crippen MR) is 154 cm³/mol. The lowest BCUT2D eigenvalue weighted by Gasteiger charge is -2.22. The first-order valence-corrected chi connectivity index (χ1v) is 15.1. The zero-order chi connectivity index (χ0) is 26.5. The molecule has 1 aromatic carbocycles. The highest BCUT2D eigenvalue weighted by Gasteiger charge is 2.40. The maximum absolute atomic E-state index is 12.7. The second kappa shape index (κ2) is 13.2. The van der Waals surface area contributed by atoms with Crippen LogP contribution in [-0.2, 0) is 9.47 Å². The van der Waals surface area contributed by atoms with Crippen molar-refractivity contribution in [2.75, 3.05) is 27.4 Å². The highest BCUT2D eigenvalue weighted by molar-refractivity contribution is 9.10. The molecular formula is C27H36BrN3O4S2. The Kier molecular flexibility index (Phi) is 10.3. The molecule has 7 atom stereocenters. The second-order valence-electron chi connectivity index (χ2n) is 9.55. The zero-order valence-electron chi connectivity index (χ0n) is 21.6. The number of methoxy groups -OCH3 is 2. The molecule has 0 spiro atoms. The number of aliphatic hydroxyl groups is 1. The topological polar surface area (TPSA) is 91.9 Å². The third-order valence-corrected chi connectivity index (χ3v) is 10.1. The molecule has 202 valence electrons. The number of aliphatic hydroxyl groups excluding tert-OH is 1. The van der Waals surface area contributed by atoms with Gasteiger partial charge in [0.2, 0.25) is 0 Å². The number of halogens is 1. The highest BCUT2D eigenvalue weighted by Crippen LogP contribution is 2.44. The van der Waals surface area contributed by atoms with Crippen LogP contribution in [0.4, 0.5) is 0 Å². The van der Waals surface area contributed by atoms with Gasteiger partial charge in [-0.15, -0.1) is 23.1 Å². The van der Waals surface area contributed by atoms with E-state index >= 15 is 0 Å². The Balaban J connectivity index is 1.19. The van der Waals surface area contributed by atoms with Crippen molar-refractivity contribution < 1.29 is 19.4 Å². The van der Waals surface area contributed by atoms with E-state index in [2.05, 4.69) is 37.9 Å². The molecule has 4 rings (SSSR count). The van der Waals surface area contributed by atoms with Gasteiger partial charge in [0, 0.05) is 48.1 Å². The Hall–Kier alpha value is -1.24. The van der Waals surface area contributed by atoms with Gasteiger partial charge in [0.05, 0.1) is 35.1 Å². The average molecular weight is 611 g/mol. The quantitative estimate of drug-likeness (QED) is 0.250. The fourth-order valence-corrected chi connectivity index (χ4v) is 7.14. The molecule has 1 saturated carbocycles. The summed E-state index contributed by atoms with van der Waals surface area (Å²) in [5.41, 5.74) is 2.03. The molecule has 10 heteroatoms. The van der Waals surface area contributed by atoms with Crippen molar-refractivity contribution in [3.8, 4) is 0 Å². The van der Waals surface area contributed by atoms with Crippen molar-refractivity contribution in [3.63, 3.8) is 0 Å². The van der Waals surface area contributed by atoms with E-state index in [0.29, 0.717) is 23.5 Å². The summed E-state index contributed by atoms with van der Waals surface area (Å²) in [5.74, 6) is 0.351. The second-order valence-corrected chi connectivity index (χ2v) is 12.6.